The molecular weight excluding hydrogens is 307 g/mol. The molecule has 0 bridgehead atoms. The van der Waals surface area contributed by atoms with Gasteiger partial charge in [0.25, 0.3) is 0 Å². The first-order valence-electron chi connectivity index (χ1n) is 5.79. The summed E-state index contributed by atoms with van der Waals surface area (Å²) >= 11 is 11.0. The van der Waals surface area contributed by atoms with E-state index in [1.807, 2.05) is 11.5 Å². The smallest absolute Gasteiger partial charge is 0.178 e. The zero-order chi connectivity index (χ0) is 14.2. The second-order valence-electron chi connectivity index (χ2n) is 4.50. The highest BCUT2D eigenvalue weighted by Gasteiger charge is 2.14. The molecule has 3 nitrogen and oxygen atoms in total. The normalized spacial score (nSPS) is 14.7. The molecule has 0 aliphatic carbocycles. The van der Waals surface area contributed by atoms with E-state index in [0.29, 0.717) is 28.0 Å². The van der Waals surface area contributed by atoms with Gasteiger partial charge in [-0.05, 0) is 31.6 Å². The zero-order valence-electron chi connectivity index (χ0n) is 10.6. The van der Waals surface area contributed by atoms with Crippen molar-refractivity contribution in [2.24, 2.45) is 0 Å². The van der Waals surface area contributed by atoms with Gasteiger partial charge >= 0.3 is 0 Å². The molecule has 0 fully saturated rings. The maximum absolute atomic E-state index is 13.6. The molecule has 0 radical (unpaired) electrons. The van der Waals surface area contributed by atoms with Crippen LogP contribution in [-0.2, 0) is 10.8 Å². The molecule has 104 valence electrons. The van der Waals surface area contributed by atoms with Crippen LogP contribution in [0.5, 0.6) is 0 Å². The number of rotatable bonds is 4. The lowest BCUT2D eigenvalue weighted by Gasteiger charge is -2.14. The van der Waals surface area contributed by atoms with Gasteiger partial charge in [-0.1, -0.05) is 11.6 Å². The Kier molecular flexibility index (Phi) is 4.43. The quantitative estimate of drug-likeness (QED) is 0.870. The second-order valence-corrected chi connectivity index (χ2v) is 6.85. The summed E-state index contributed by atoms with van der Waals surface area (Å²) in [6, 6.07) is 2.96. The van der Waals surface area contributed by atoms with Crippen molar-refractivity contribution in [2.45, 2.75) is 19.4 Å². The fourth-order valence-electron chi connectivity index (χ4n) is 2.02. The monoisotopic (exact) mass is 320 g/mol. The van der Waals surface area contributed by atoms with E-state index in [1.165, 1.54) is 12.1 Å². The fraction of sp³-hybridized carbons (Fsp3) is 0.417. The van der Waals surface area contributed by atoms with Crippen LogP contribution >= 0.6 is 23.8 Å². The van der Waals surface area contributed by atoms with Crippen LogP contribution in [0.15, 0.2) is 12.1 Å². The number of H-pyrrole nitrogens is 1. The molecular formula is C12H14ClFN2OS2. The van der Waals surface area contributed by atoms with Gasteiger partial charge in [-0.25, -0.2) is 4.39 Å². The summed E-state index contributed by atoms with van der Waals surface area (Å²) in [7, 11) is -0.849. The number of nitrogens with zero attached hydrogens (tertiary/aromatic N) is 1. The molecule has 0 saturated heterocycles. The first-order valence-corrected chi connectivity index (χ1v) is 8.30. The van der Waals surface area contributed by atoms with Gasteiger partial charge in [-0.15, -0.1) is 0 Å². The Labute approximate surface area is 123 Å². The Balaban J connectivity index is 2.47. The lowest BCUT2D eigenvalue weighted by molar-refractivity contribution is 0.538. The lowest BCUT2D eigenvalue weighted by Crippen LogP contribution is -2.09. The summed E-state index contributed by atoms with van der Waals surface area (Å²) < 4.78 is 27.1. The van der Waals surface area contributed by atoms with Crippen LogP contribution in [0, 0.1) is 10.6 Å². The standard InChI is InChI=1S/C12H14ClFN2OS2/c1-7(3-4-19(2)17)16-11-6-9(14)8(13)5-10(11)15-12(16)18/h5-7H,3-4H2,1-2H3,(H,15,18). The lowest BCUT2D eigenvalue weighted by atomic mass is 10.2. The molecule has 2 atom stereocenters. The third-order valence-corrected chi connectivity index (χ3v) is 4.42. The molecule has 1 aromatic carbocycles. The van der Waals surface area contributed by atoms with Gasteiger partial charge in [-0.3, -0.25) is 4.21 Å². The predicted octanol–water partition coefficient (Wildman–Crippen LogP) is 3.82. The Bertz CT molecular complexity index is 695. The zero-order valence-corrected chi connectivity index (χ0v) is 13.0. The van der Waals surface area contributed by atoms with E-state index < -0.39 is 16.6 Å². The summed E-state index contributed by atoms with van der Waals surface area (Å²) in [4.78, 5) is 3.01. The fourth-order valence-corrected chi connectivity index (χ4v) is 3.25. The maximum atomic E-state index is 13.6. The molecule has 0 saturated carbocycles. The number of imidazole rings is 1. The second kappa shape index (κ2) is 5.73. The topological polar surface area (TPSA) is 37.8 Å². The average Bonchev–Trinajstić information content (AvgIpc) is 2.62. The molecule has 2 unspecified atom stereocenters. The van der Waals surface area contributed by atoms with Gasteiger partial charge in [0.2, 0.25) is 0 Å². The molecule has 2 aromatic rings. The van der Waals surface area contributed by atoms with Crippen molar-refractivity contribution in [3.05, 3.63) is 27.7 Å². The van der Waals surface area contributed by atoms with E-state index in [4.69, 9.17) is 23.8 Å². The predicted molar refractivity (Wildman–Crippen MR) is 80.4 cm³/mol. The highest BCUT2D eigenvalue weighted by molar-refractivity contribution is 7.84. The Hall–Kier alpha value is -0.720. The van der Waals surface area contributed by atoms with Crippen LogP contribution in [0.3, 0.4) is 0 Å². The number of aromatic nitrogens is 2. The summed E-state index contributed by atoms with van der Waals surface area (Å²) in [6.45, 7) is 1.97. The molecule has 1 aromatic heterocycles. The Morgan fingerprint density at radius 3 is 2.89 bits per heavy atom. The number of benzene rings is 1. The van der Waals surface area contributed by atoms with Gasteiger partial charge in [0.05, 0.1) is 16.1 Å². The molecule has 0 amide bonds. The molecule has 19 heavy (non-hydrogen) atoms. The summed E-state index contributed by atoms with van der Waals surface area (Å²) in [5.41, 5.74) is 1.39. The van der Waals surface area contributed by atoms with Gasteiger partial charge in [0, 0.05) is 34.9 Å². The van der Waals surface area contributed by atoms with Crippen molar-refractivity contribution < 1.29 is 8.60 Å². The van der Waals surface area contributed by atoms with Gasteiger partial charge in [-0.2, -0.15) is 0 Å². The summed E-state index contributed by atoms with van der Waals surface area (Å²) in [5.74, 6) is 0.120. The van der Waals surface area contributed by atoms with Crippen molar-refractivity contribution in [3.8, 4) is 0 Å². The number of aromatic amines is 1. The Morgan fingerprint density at radius 1 is 1.58 bits per heavy atom. The van der Waals surface area contributed by atoms with E-state index in [9.17, 15) is 8.60 Å². The largest absolute Gasteiger partial charge is 0.331 e. The van der Waals surface area contributed by atoms with E-state index in [2.05, 4.69) is 4.98 Å². The Morgan fingerprint density at radius 2 is 2.26 bits per heavy atom. The van der Waals surface area contributed by atoms with Crippen molar-refractivity contribution >= 4 is 45.7 Å². The highest BCUT2D eigenvalue weighted by atomic mass is 35.5. The van der Waals surface area contributed by atoms with Crippen LogP contribution in [-0.4, -0.2) is 25.8 Å². The number of nitrogens with one attached hydrogen (secondary N) is 1. The average molecular weight is 321 g/mol. The third kappa shape index (κ3) is 3.07. The number of halogens is 2. The number of hydrogen-bond donors (Lipinski definition) is 1. The van der Waals surface area contributed by atoms with Crippen molar-refractivity contribution in [3.63, 3.8) is 0 Å². The minimum atomic E-state index is -0.849. The molecule has 2 rings (SSSR count). The van der Waals surface area contributed by atoms with Crippen LogP contribution in [0.2, 0.25) is 5.02 Å². The van der Waals surface area contributed by atoms with Gasteiger partial charge in [0.15, 0.2) is 4.77 Å². The first-order chi connectivity index (χ1) is 8.90. The van der Waals surface area contributed by atoms with Gasteiger partial charge < -0.3 is 9.55 Å². The molecule has 0 aliphatic heterocycles. The van der Waals surface area contributed by atoms with E-state index in [0.717, 1.165) is 0 Å². The van der Waals surface area contributed by atoms with Crippen molar-refractivity contribution in [2.75, 3.05) is 12.0 Å². The highest BCUT2D eigenvalue weighted by Crippen LogP contribution is 2.26. The van der Waals surface area contributed by atoms with E-state index in [1.54, 1.807) is 6.26 Å². The molecule has 0 spiro atoms. The van der Waals surface area contributed by atoms with Crippen molar-refractivity contribution in [1.82, 2.24) is 9.55 Å². The SMILES string of the molecule is CC(CCS(C)=O)n1c(=S)[nH]c2cc(Cl)c(F)cc21. The summed E-state index contributed by atoms with van der Waals surface area (Å²) in [5, 5.41) is 0.0678. The van der Waals surface area contributed by atoms with Crippen LogP contribution in [0.25, 0.3) is 11.0 Å². The maximum Gasteiger partial charge on any atom is 0.178 e. The van der Waals surface area contributed by atoms with Crippen molar-refractivity contribution in [1.29, 1.82) is 0 Å². The van der Waals surface area contributed by atoms with Crippen LogP contribution in [0.4, 0.5) is 4.39 Å². The summed E-state index contributed by atoms with van der Waals surface area (Å²) in [6.07, 6.45) is 2.38. The van der Waals surface area contributed by atoms with E-state index >= 15 is 0 Å². The molecule has 0 aliphatic rings. The third-order valence-electron chi connectivity index (χ3n) is 3.02. The number of hydrogen-bond acceptors (Lipinski definition) is 2. The molecule has 7 heteroatoms. The molecule has 1 N–H and O–H groups in total. The van der Waals surface area contributed by atoms with Crippen LogP contribution < -0.4 is 0 Å². The van der Waals surface area contributed by atoms with Crippen LogP contribution in [0.1, 0.15) is 19.4 Å². The minimum Gasteiger partial charge on any atom is -0.331 e. The first kappa shape index (κ1) is 14.7. The van der Waals surface area contributed by atoms with E-state index in [-0.39, 0.29) is 11.1 Å². The minimum absolute atomic E-state index is 0.0470. The molecule has 1 heterocycles. The number of fused-ring (bicyclic) bond motifs is 1. The van der Waals surface area contributed by atoms with Gasteiger partial charge in [0.1, 0.15) is 5.82 Å².